The number of thioether (sulfide) groups is 1. The van der Waals surface area contributed by atoms with E-state index in [1.165, 1.54) is 20.9 Å². The van der Waals surface area contributed by atoms with E-state index >= 15 is 0 Å². The molecule has 4 heterocycles. The van der Waals surface area contributed by atoms with Gasteiger partial charge in [0.05, 0.1) is 30.8 Å². The van der Waals surface area contributed by atoms with Gasteiger partial charge in [-0.05, 0) is 54.3 Å². The van der Waals surface area contributed by atoms with Gasteiger partial charge in [-0.25, -0.2) is 9.97 Å². The molecule has 2 aromatic heterocycles. The van der Waals surface area contributed by atoms with Crippen molar-refractivity contribution in [2.75, 3.05) is 37.9 Å². The van der Waals surface area contributed by atoms with Crippen LogP contribution in [0.1, 0.15) is 28.0 Å². The Labute approximate surface area is 200 Å². The van der Waals surface area contributed by atoms with Crippen LogP contribution in [-0.2, 0) is 28.9 Å². The summed E-state index contributed by atoms with van der Waals surface area (Å²) in [6, 6.07) is 4.39. The molecule has 1 aromatic carbocycles. The van der Waals surface area contributed by atoms with E-state index in [9.17, 15) is 4.79 Å². The highest BCUT2D eigenvalue weighted by atomic mass is 32.2. The summed E-state index contributed by atoms with van der Waals surface area (Å²) in [5, 5.41) is 4.71. The second-order valence-electron chi connectivity index (χ2n) is 8.63. The number of hydrogen-bond acceptors (Lipinski definition) is 8. The molecule has 170 valence electrons. The van der Waals surface area contributed by atoms with Crippen molar-refractivity contribution in [3.05, 3.63) is 40.0 Å². The highest BCUT2D eigenvalue weighted by Crippen LogP contribution is 2.42. The van der Waals surface area contributed by atoms with Crippen molar-refractivity contribution in [3.8, 4) is 0 Å². The molecule has 0 unspecified atom stereocenters. The van der Waals surface area contributed by atoms with Gasteiger partial charge in [0.2, 0.25) is 5.91 Å². The summed E-state index contributed by atoms with van der Waals surface area (Å²) < 4.78 is 5.41. The SMILES string of the molecule is CSc1cc2c(cc1Nc1ncnc3sc4c(c13)CC[C@H](C(=O)N1CCOCC1)C4)C=NC2. The van der Waals surface area contributed by atoms with Gasteiger partial charge < -0.3 is 15.0 Å². The highest BCUT2D eigenvalue weighted by Gasteiger charge is 2.32. The molecule has 3 aromatic rings. The zero-order valence-corrected chi connectivity index (χ0v) is 20.1. The summed E-state index contributed by atoms with van der Waals surface area (Å²) in [6.45, 7) is 3.45. The molecule has 1 amide bonds. The Bertz CT molecular complexity index is 1270. The number of hydrogen-bond donors (Lipinski definition) is 1. The number of benzene rings is 1. The molecule has 9 heteroatoms. The number of anilines is 2. The van der Waals surface area contributed by atoms with Crippen LogP contribution in [0.2, 0.25) is 0 Å². The van der Waals surface area contributed by atoms with E-state index in [-0.39, 0.29) is 11.8 Å². The molecule has 2 aliphatic heterocycles. The molecule has 0 spiro atoms. The third-order valence-corrected chi connectivity index (χ3v) is 8.66. The van der Waals surface area contributed by atoms with Gasteiger partial charge in [0, 0.05) is 35.0 Å². The number of carbonyl (C=O) groups excluding carboxylic acids is 1. The summed E-state index contributed by atoms with van der Waals surface area (Å²) in [7, 11) is 0. The minimum absolute atomic E-state index is 0.0483. The Hall–Kier alpha value is -2.49. The smallest absolute Gasteiger partial charge is 0.226 e. The van der Waals surface area contributed by atoms with Crippen molar-refractivity contribution in [1.29, 1.82) is 0 Å². The Balaban J connectivity index is 1.31. The van der Waals surface area contributed by atoms with Gasteiger partial charge in [0.1, 0.15) is 17.0 Å². The van der Waals surface area contributed by atoms with Gasteiger partial charge in [0.25, 0.3) is 0 Å². The standard InChI is InChI=1S/C24H25N5O2S2/c1-32-20-10-16-12-25-11-15(16)8-18(20)28-22-21-17-3-2-14(24(30)29-4-6-31-7-5-29)9-19(17)33-23(21)27-13-26-22/h8,10-11,13-14H,2-7,9,12H2,1H3,(H,26,27,28)/t14-/m0/s1. The van der Waals surface area contributed by atoms with Crippen LogP contribution in [-0.4, -0.2) is 59.5 Å². The van der Waals surface area contributed by atoms with E-state index in [0.717, 1.165) is 53.1 Å². The quantitative estimate of drug-likeness (QED) is 0.569. The monoisotopic (exact) mass is 479 g/mol. The third-order valence-electron chi connectivity index (χ3n) is 6.72. The number of aryl methyl sites for hydroxylation is 1. The number of rotatable bonds is 4. The minimum Gasteiger partial charge on any atom is -0.378 e. The summed E-state index contributed by atoms with van der Waals surface area (Å²) in [5.74, 6) is 1.17. The molecule has 7 nitrogen and oxygen atoms in total. The fourth-order valence-corrected chi connectivity index (χ4v) is 6.85. The van der Waals surface area contributed by atoms with Crippen LogP contribution in [0.15, 0.2) is 28.3 Å². The van der Waals surface area contributed by atoms with Crippen LogP contribution in [0.4, 0.5) is 11.5 Å². The summed E-state index contributed by atoms with van der Waals surface area (Å²) in [4.78, 5) is 32.1. The van der Waals surface area contributed by atoms with Crippen molar-refractivity contribution in [1.82, 2.24) is 14.9 Å². The maximum absolute atomic E-state index is 13.1. The number of fused-ring (bicyclic) bond motifs is 4. The molecular weight excluding hydrogens is 454 g/mol. The Morgan fingerprint density at radius 3 is 3.00 bits per heavy atom. The van der Waals surface area contributed by atoms with Crippen LogP contribution in [0.5, 0.6) is 0 Å². The maximum Gasteiger partial charge on any atom is 0.226 e. The lowest BCUT2D eigenvalue weighted by Crippen LogP contribution is -2.44. The molecule has 1 fully saturated rings. The third kappa shape index (κ3) is 3.82. The molecule has 1 saturated heterocycles. The Morgan fingerprint density at radius 2 is 2.15 bits per heavy atom. The Morgan fingerprint density at radius 1 is 1.27 bits per heavy atom. The van der Waals surface area contributed by atoms with Gasteiger partial charge in [-0.1, -0.05) is 0 Å². The number of nitrogens with zero attached hydrogens (tertiary/aromatic N) is 4. The number of ether oxygens (including phenoxy) is 1. The minimum atomic E-state index is 0.0483. The van der Waals surface area contributed by atoms with Crippen LogP contribution >= 0.6 is 23.1 Å². The molecule has 1 atom stereocenters. The molecular formula is C24H25N5O2S2. The second-order valence-corrected chi connectivity index (χ2v) is 10.6. The van der Waals surface area contributed by atoms with Crippen molar-refractivity contribution >= 4 is 56.9 Å². The highest BCUT2D eigenvalue weighted by molar-refractivity contribution is 7.98. The fraction of sp³-hybridized carbons (Fsp3) is 0.417. The van der Waals surface area contributed by atoms with Crippen LogP contribution in [0, 0.1) is 5.92 Å². The number of amides is 1. The predicted octanol–water partition coefficient (Wildman–Crippen LogP) is 4.05. The van der Waals surface area contributed by atoms with Gasteiger partial charge in [-0.15, -0.1) is 23.1 Å². The van der Waals surface area contributed by atoms with Crippen molar-refractivity contribution in [2.45, 2.75) is 30.7 Å². The van der Waals surface area contributed by atoms with E-state index in [1.807, 2.05) is 11.1 Å². The van der Waals surface area contributed by atoms with E-state index in [2.05, 4.69) is 38.7 Å². The van der Waals surface area contributed by atoms with E-state index < -0.39 is 0 Å². The summed E-state index contributed by atoms with van der Waals surface area (Å²) >= 11 is 3.43. The molecule has 0 saturated carbocycles. The maximum atomic E-state index is 13.1. The molecule has 0 bridgehead atoms. The fourth-order valence-electron chi connectivity index (χ4n) is 4.99. The van der Waals surface area contributed by atoms with Crippen LogP contribution in [0.25, 0.3) is 10.2 Å². The topological polar surface area (TPSA) is 79.7 Å². The van der Waals surface area contributed by atoms with Crippen molar-refractivity contribution < 1.29 is 9.53 Å². The molecule has 0 radical (unpaired) electrons. The summed E-state index contributed by atoms with van der Waals surface area (Å²) in [5.41, 5.74) is 4.78. The first-order valence-corrected chi connectivity index (χ1v) is 13.3. The van der Waals surface area contributed by atoms with E-state index in [0.29, 0.717) is 26.3 Å². The molecule has 1 N–H and O–H groups in total. The van der Waals surface area contributed by atoms with Crippen molar-refractivity contribution in [3.63, 3.8) is 0 Å². The zero-order valence-electron chi connectivity index (χ0n) is 18.5. The lowest BCUT2D eigenvalue weighted by atomic mass is 9.86. The van der Waals surface area contributed by atoms with Gasteiger partial charge in [-0.3, -0.25) is 9.79 Å². The number of carbonyl (C=O) groups is 1. The van der Waals surface area contributed by atoms with E-state index in [1.54, 1.807) is 29.4 Å². The average molecular weight is 480 g/mol. The number of nitrogens with one attached hydrogen (secondary N) is 1. The first kappa shape index (κ1) is 21.1. The molecule has 3 aliphatic rings. The second kappa shape index (κ2) is 8.70. The Kier molecular flexibility index (Phi) is 5.55. The van der Waals surface area contributed by atoms with Gasteiger partial charge in [0.15, 0.2) is 0 Å². The van der Waals surface area contributed by atoms with E-state index in [4.69, 9.17) is 4.74 Å². The first-order valence-electron chi connectivity index (χ1n) is 11.3. The molecule has 6 rings (SSSR count). The number of morpholine rings is 1. The van der Waals surface area contributed by atoms with Crippen molar-refractivity contribution in [2.24, 2.45) is 10.9 Å². The normalized spacial score (nSPS) is 19.5. The lowest BCUT2D eigenvalue weighted by molar-refractivity contribution is -0.140. The largest absolute Gasteiger partial charge is 0.378 e. The van der Waals surface area contributed by atoms with Crippen LogP contribution < -0.4 is 5.32 Å². The summed E-state index contributed by atoms with van der Waals surface area (Å²) in [6.07, 6.45) is 8.21. The zero-order chi connectivity index (χ0) is 22.4. The number of aromatic nitrogens is 2. The number of aliphatic imine (C=N–C) groups is 1. The van der Waals surface area contributed by atoms with Crippen LogP contribution in [0.3, 0.4) is 0 Å². The average Bonchev–Trinajstić information content (AvgIpc) is 3.47. The number of thiophene rings is 1. The molecule has 33 heavy (non-hydrogen) atoms. The van der Waals surface area contributed by atoms with Gasteiger partial charge >= 0.3 is 0 Å². The molecule has 1 aliphatic carbocycles. The lowest BCUT2D eigenvalue weighted by Gasteiger charge is -2.31. The van der Waals surface area contributed by atoms with Gasteiger partial charge in [-0.2, -0.15) is 0 Å². The first-order chi connectivity index (χ1) is 16.2. The predicted molar refractivity (Wildman–Crippen MR) is 133 cm³/mol.